The molecule has 1 fully saturated rings. The van der Waals surface area contributed by atoms with Crippen LogP contribution in [0.25, 0.3) is 0 Å². The second kappa shape index (κ2) is 5.67. The van der Waals surface area contributed by atoms with Crippen LogP contribution < -0.4 is 4.74 Å². The van der Waals surface area contributed by atoms with Crippen molar-refractivity contribution in [1.29, 1.82) is 0 Å². The average molecular weight is 318 g/mol. The van der Waals surface area contributed by atoms with Crippen LogP contribution in [0.5, 0.6) is 5.75 Å². The van der Waals surface area contributed by atoms with Gasteiger partial charge < -0.3 is 14.7 Å². The van der Waals surface area contributed by atoms with Crippen LogP contribution >= 0.6 is 15.9 Å². The predicted molar refractivity (Wildman–Crippen MR) is 66.8 cm³/mol. The molecule has 0 radical (unpaired) electrons. The standard InChI is InChI=1S/C12H13BrFNO3/c13-8-1-2-11(10(14)5-8)18-7-12(17)15-4-3-9(16)6-15/h1-2,5,9,16H,3-4,6-7H2/t9-/m1/s1. The molecule has 1 heterocycles. The van der Waals surface area contributed by atoms with Crippen molar-refractivity contribution in [3.8, 4) is 5.75 Å². The lowest BCUT2D eigenvalue weighted by Gasteiger charge is -2.16. The van der Waals surface area contributed by atoms with Crippen molar-refractivity contribution in [3.05, 3.63) is 28.5 Å². The highest BCUT2D eigenvalue weighted by atomic mass is 79.9. The molecule has 0 bridgehead atoms. The Hall–Kier alpha value is -1.14. The Morgan fingerprint density at radius 2 is 2.39 bits per heavy atom. The van der Waals surface area contributed by atoms with Gasteiger partial charge in [-0.15, -0.1) is 0 Å². The molecule has 1 aliphatic heterocycles. The van der Waals surface area contributed by atoms with Gasteiger partial charge in [-0.05, 0) is 24.6 Å². The van der Waals surface area contributed by atoms with Crippen molar-refractivity contribution in [2.45, 2.75) is 12.5 Å². The number of amides is 1. The fourth-order valence-electron chi connectivity index (χ4n) is 1.79. The molecule has 2 rings (SSSR count). The van der Waals surface area contributed by atoms with Crippen LogP contribution in [-0.2, 0) is 4.79 Å². The monoisotopic (exact) mass is 317 g/mol. The molecule has 18 heavy (non-hydrogen) atoms. The highest BCUT2D eigenvalue weighted by Crippen LogP contribution is 2.21. The summed E-state index contributed by atoms with van der Waals surface area (Å²) in [7, 11) is 0. The maximum atomic E-state index is 13.4. The number of rotatable bonds is 3. The van der Waals surface area contributed by atoms with E-state index < -0.39 is 11.9 Å². The van der Waals surface area contributed by atoms with Gasteiger partial charge >= 0.3 is 0 Å². The van der Waals surface area contributed by atoms with E-state index in [0.29, 0.717) is 24.0 Å². The van der Waals surface area contributed by atoms with Gasteiger partial charge in [0, 0.05) is 17.6 Å². The molecule has 4 nitrogen and oxygen atoms in total. The molecule has 0 saturated carbocycles. The van der Waals surface area contributed by atoms with E-state index in [-0.39, 0.29) is 18.3 Å². The maximum Gasteiger partial charge on any atom is 0.260 e. The molecule has 98 valence electrons. The molecule has 0 spiro atoms. The molecule has 1 N–H and O–H groups in total. The molecule has 1 saturated heterocycles. The molecule has 0 unspecified atom stereocenters. The Balaban J connectivity index is 1.89. The van der Waals surface area contributed by atoms with Gasteiger partial charge in [0.15, 0.2) is 18.2 Å². The number of β-amino-alcohol motifs (C(OH)–C–C–N with tert-alkyl or cyclic N) is 1. The molecule has 1 atom stereocenters. The number of carbonyl (C=O) groups excluding carboxylic acids is 1. The number of hydrogen-bond donors (Lipinski definition) is 1. The van der Waals surface area contributed by atoms with Crippen molar-refractivity contribution < 1.29 is 19.0 Å². The van der Waals surface area contributed by atoms with Gasteiger partial charge in [-0.2, -0.15) is 0 Å². The van der Waals surface area contributed by atoms with Gasteiger partial charge in [0.25, 0.3) is 5.91 Å². The summed E-state index contributed by atoms with van der Waals surface area (Å²) >= 11 is 3.14. The molecule has 1 aromatic carbocycles. The minimum Gasteiger partial charge on any atom is -0.481 e. The second-order valence-electron chi connectivity index (χ2n) is 4.15. The number of likely N-dealkylation sites (tertiary alicyclic amines) is 1. The van der Waals surface area contributed by atoms with E-state index in [4.69, 9.17) is 4.74 Å². The van der Waals surface area contributed by atoms with Gasteiger partial charge in [0.2, 0.25) is 0 Å². The molecule has 1 aliphatic rings. The summed E-state index contributed by atoms with van der Waals surface area (Å²) in [6, 6.07) is 4.38. The number of hydrogen-bond acceptors (Lipinski definition) is 3. The largest absolute Gasteiger partial charge is 0.481 e. The van der Waals surface area contributed by atoms with Gasteiger partial charge in [0.1, 0.15) is 0 Å². The fourth-order valence-corrected chi connectivity index (χ4v) is 2.12. The molecule has 1 aromatic rings. The molecule has 0 aliphatic carbocycles. The van der Waals surface area contributed by atoms with Crippen LogP contribution in [0.3, 0.4) is 0 Å². The number of benzene rings is 1. The first-order valence-corrected chi connectivity index (χ1v) is 6.39. The molecule has 1 amide bonds. The smallest absolute Gasteiger partial charge is 0.260 e. The summed E-state index contributed by atoms with van der Waals surface area (Å²) in [6.07, 6.45) is 0.122. The highest BCUT2D eigenvalue weighted by Gasteiger charge is 2.24. The number of aliphatic hydroxyl groups excluding tert-OH is 1. The van der Waals surface area contributed by atoms with Gasteiger partial charge in [-0.25, -0.2) is 4.39 Å². The number of aliphatic hydroxyl groups is 1. The summed E-state index contributed by atoms with van der Waals surface area (Å²) in [5.74, 6) is -0.709. The Morgan fingerprint density at radius 3 is 3.00 bits per heavy atom. The third-order valence-corrected chi connectivity index (χ3v) is 3.25. The third-order valence-electron chi connectivity index (χ3n) is 2.76. The summed E-state index contributed by atoms with van der Waals surface area (Å²) in [5.41, 5.74) is 0. The highest BCUT2D eigenvalue weighted by molar-refractivity contribution is 9.10. The van der Waals surface area contributed by atoms with E-state index in [1.807, 2.05) is 0 Å². The fraction of sp³-hybridized carbons (Fsp3) is 0.417. The summed E-state index contributed by atoms with van der Waals surface area (Å²) in [6.45, 7) is 0.627. The lowest BCUT2D eigenvalue weighted by molar-refractivity contribution is -0.132. The minimum atomic E-state index is -0.515. The van der Waals surface area contributed by atoms with E-state index >= 15 is 0 Å². The van der Waals surface area contributed by atoms with Crippen molar-refractivity contribution in [1.82, 2.24) is 4.90 Å². The van der Waals surface area contributed by atoms with Gasteiger partial charge in [-0.1, -0.05) is 15.9 Å². The third kappa shape index (κ3) is 3.20. The minimum absolute atomic E-state index is 0.0475. The Kier molecular flexibility index (Phi) is 4.19. The second-order valence-corrected chi connectivity index (χ2v) is 5.06. The normalized spacial score (nSPS) is 19.1. The van der Waals surface area contributed by atoms with Crippen LogP contribution in [0.4, 0.5) is 4.39 Å². The van der Waals surface area contributed by atoms with Crippen LogP contribution in [0.1, 0.15) is 6.42 Å². The summed E-state index contributed by atoms with van der Waals surface area (Å²) < 4.78 is 19.2. The van der Waals surface area contributed by atoms with Crippen molar-refractivity contribution >= 4 is 21.8 Å². The van der Waals surface area contributed by atoms with Crippen molar-refractivity contribution in [2.75, 3.05) is 19.7 Å². The van der Waals surface area contributed by atoms with E-state index in [9.17, 15) is 14.3 Å². The Morgan fingerprint density at radius 1 is 1.61 bits per heavy atom. The molecule has 6 heteroatoms. The first-order chi connectivity index (χ1) is 8.56. The van der Waals surface area contributed by atoms with E-state index in [1.54, 1.807) is 6.07 Å². The van der Waals surface area contributed by atoms with Crippen LogP contribution in [-0.4, -0.2) is 41.7 Å². The summed E-state index contributed by atoms with van der Waals surface area (Å²) in [4.78, 5) is 13.2. The van der Waals surface area contributed by atoms with E-state index in [0.717, 1.165) is 0 Å². The number of halogens is 2. The summed E-state index contributed by atoms with van der Waals surface area (Å²) in [5, 5.41) is 9.31. The molecule has 0 aromatic heterocycles. The quantitative estimate of drug-likeness (QED) is 0.920. The lowest BCUT2D eigenvalue weighted by Crippen LogP contribution is -2.33. The van der Waals surface area contributed by atoms with E-state index in [2.05, 4.69) is 15.9 Å². The van der Waals surface area contributed by atoms with Gasteiger partial charge in [-0.3, -0.25) is 4.79 Å². The Bertz CT molecular complexity index is 455. The number of nitrogens with zero attached hydrogens (tertiary/aromatic N) is 1. The van der Waals surface area contributed by atoms with Crippen LogP contribution in [0.15, 0.2) is 22.7 Å². The maximum absolute atomic E-state index is 13.4. The zero-order valence-corrected chi connectivity index (χ0v) is 11.2. The van der Waals surface area contributed by atoms with Crippen molar-refractivity contribution in [2.24, 2.45) is 0 Å². The Labute approximate surface area is 112 Å². The molecular weight excluding hydrogens is 305 g/mol. The zero-order valence-electron chi connectivity index (χ0n) is 9.60. The average Bonchev–Trinajstić information content (AvgIpc) is 2.74. The first-order valence-electron chi connectivity index (χ1n) is 5.60. The predicted octanol–water partition coefficient (Wildman–Crippen LogP) is 1.56. The van der Waals surface area contributed by atoms with E-state index in [1.165, 1.54) is 17.0 Å². The first kappa shape index (κ1) is 13.3. The van der Waals surface area contributed by atoms with Crippen LogP contribution in [0.2, 0.25) is 0 Å². The zero-order chi connectivity index (χ0) is 13.1. The lowest BCUT2D eigenvalue weighted by atomic mass is 10.3. The SMILES string of the molecule is O=C(COc1ccc(Br)cc1F)N1CC[C@@H](O)C1. The number of ether oxygens (including phenoxy) is 1. The number of carbonyl (C=O) groups is 1. The molecular formula is C12H13BrFNO3. The van der Waals surface area contributed by atoms with Gasteiger partial charge in [0.05, 0.1) is 6.10 Å². The van der Waals surface area contributed by atoms with Crippen molar-refractivity contribution in [3.63, 3.8) is 0 Å². The van der Waals surface area contributed by atoms with Crippen LogP contribution in [0, 0.1) is 5.82 Å². The topological polar surface area (TPSA) is 49.8 Å².